The smallest absolute Gasteiger partial charge is 0.316 e. The Hall–Kier alpha value is -2.14. The Labute approximate surface area is 120 Å². The highest BCUT2D eigenvalue weighted by molar-refractivity contribution is 7.83. The zero-order valence-electron chi connectivity index (χ0n) is 10.9. The maximum atomic E-state index is 12.1. The summed E-state index contributed by atoms with van der Waals surface area (Å²) in [4.78, 5) is 10.8. The zero-order valence-corrected chi connectivity index (χ0v) is 11.7. The summed E-state index contributed by atoms with van der Waals surface area (Å²) in [5.74, 6) is 0.970. The van der Waals surface area contributed by atoms with Crippen molar-refractivity contribution < 1.29 is 9.00 Å². The highest BCUT2D eigenvalue weighted by atomic mass is 32.2. The molecule has 2 rings (SSSR count). The van der Waals surface area contributed by atoms with Crippen LogP contribution in [0, 0.1) is 0 Å². The second-order valence-electron chi connectivity index (χ2n) is 4.40. The summed E-state index contributed by atoms with van der Waals surface area (Å²) in [6, 6.07) is 16.3. The van der Waals surface area contributed by atoms with Gasteiger partial charge in [0.2, 0.25) is 0 Å². The molecule has 104 valence electrons. The van der Waals surface area contributed by atoms with Gasteiger partial charge in [0.15, 0.2) is 0 Å². The van der Waals surface area contributed by atoms with Crippen LogP contribution in [-0.2, 0) is 22.3 Å². The van der Waals surface area contributed by atoms with Crippen molar-refractivity contribution in [3.8, 4) is 0 Å². The van der Waals surface area contributed by atoms with Crippen molar-refractivity contribution in [2.45, 2.75) is 11.5 Å². The minimum atomic E-state index is -0.987. The fourth-order valence-electron chi connectivity index (χ4n) is 1.88. The molecule has 0 aliphatic carbocycles. The lowest BCUT2D eigenvalue weighted by molar-refractivity contribution is 0.259. The van der Waals surface area contributed by atoms with Crippen LogP contribution in [0.25, 0.3) is 0 Å². The molecule has 0 spiro atoms. The number of carbonyl (C=O) groups is 1. The molecule has 1 atom stereocenters. The van der Waals surface area contributed by atoms with E-state index in [0.717, 1.165) is 11.1 Å². The first-order valence-electron chi connectivity index (χ1n) is 6.18. The third-order valence-corrected chi connectivity index (χ3v) is 4.00. The van der Waals surface area contributed by atoms with E-state index in [2.05, 4.69) is 5.32 Å². The summed E-state index contributed by atoms with van der Waals surface area (Å²) in [6.07, 6.45) is 0. The molecule has 0 radical (unpaired) electrons. The standard InChI is InChI=1S/C15H16N2O2S/c16-15(18)17-14-8-4-7-13(9-14)11-20(19)10-12-5-2-1-3-6-12/h1-9H,10-11H2,(H3,16,17,18). The Morgan fingerprint density at radius 3 is 2.35 bits per heavy atom. The van der Waals surface area contributed by atoms with E-state index in [1.165, 1.54) is 0 Å². The first kappa shape index (κ1) is 14.3. The third kappa shape index (κ3) is 4.51. The Bertz CT molecular complexity index is 614. The SMILES string of the molecule is NC(=O)Nc1cccc(CS(=O)Cc2ccccc2)c1. The van der Waals surface area contributed by atoms with Crippen LogP contribution in [0.15, 0.2) is 54.6 Å². The molecular formula is C15H16N2O2S. The number of benzene rings is 2. The van der Waals surface area contributed by atoms with Gasteiger partial charge in [0.1, 0.15) is 0 Å². The monoisotopic (exact) mass is 288 g/mol. The van der Waals surface area contributed by atoms with Crippen LogP contribution in [0.4, 0.5) is 10.5 Å². The number of hydrogen-bond donors (Lipinski definition) is 2. The summed E-state index contributed by atoms with van der Waals surface area (Å²) >= 11 is 0. The average molecular weight is 288 g/mol. The average Bonchev–Trinajstić information content (AvgIpc) is 2.39. The molecular weight excluding hydrogens is 272 g/mol. The number of anilines is 1. The van der Waals surface area contributed by atoms with Crippen molar-refractivity contribution in [2.75, 3.05) is 5.32 Å². The topological polar surface area (TPSA) is 72.2 Å². The lowest BCUT2D eigenvalue weighted by atomic mass is 10.2. The molecule has 0 saturated carbocycles. The molecule has 0 fully saturated rings. The van der Waals surface area contributed by atoms with Crippen LogP contribution in [0.3, 0.4) is 0 Å². The minimum Gasteiger partial charge on any atom is -0.351 e. The summed E-state index contributed by atoms with van der Waals surface area (Å²) in [5, 5.41) is 2.51. The maximum absolute atomic E-state index is 12.1. The van der Waals surface area contributed by atoms with E-state index in [0.29, 0.717) is 17.2 Å². The highest BCUT2D eigenvalue weighted by Crippen LogP contribution is 2.14. The van der Waals surface area contributed by atoms with Gasteiger partial charge in [-0.25, -0.2) is 4.79 Å². The molecule has 5 heteroatoms. The van der Waals surface area contributed by atoms with Crippen LogP contribution in [-0.4, -0.2) is 10.2 Å². The van der Waals surface area contributed by atoms with Crippen molar-refractivity contribution in [3.05, 3.63) is 65.7 Å². The van der Waals surface area contributed by atoms with E-state index in [4.69, 9.17) is 5.73 Å². The van der Waals surface area contributed by atoms with Crippen LogP contribution in [0.1, 0.15) is 11.1 Å². The number of hydrogen-bond acceptors (Lipinski definition) is 2. The summed E-state index contributed by atoms with van der Waals surface area (Å²) < 4.78 is 12.1. The van der Waals surface area contributed by atoms with Gasteiger partial charge in [-0.05, 0) is 23.3 Å². The van der Waals surface area contributed by atoms with Gasteiger partial charge >= 0.3 is 6.03 Å². The van der Waals surface area contributed by atoms with Gasteiger partial charge in [0.05, 0.1) is 0 Å². The lowest BCUT2D eigenvalue weighted by Gasteiger charge is -2.06. The van der Waals surface area contributed by atoms with E-state index in [-0.39, 0.29) is 0 Å². The number of urea groups is 1. The fourth-order valence-corrected chi connectivity index (χ4v) is 3.10. The predicted octanol–water partition coefficient (Wildman–Crippen LogP) is 2.63. The Morgan fingerprint density at radius 2 is 1.65 bits per heavy atom. The number of rotatable bonds is 5. The first-order valence-corrected chi connectivity index (χ1v) is 7.66. The quantitative estimate of drug-likeness (QED) is 0.887. The van der Waals surface area contributed by atoms with Crippen molar-refractivity contribution in [1.82, 2.24) is 0 Å². The molecule has 0 aromatic heterocycles. The number of nitrogens with two attached hydrogens (primary N) is 1. The van der Waals surface area contributed by atoms with Crippen LogP contribution in [0.2, 0.25) is 0 Å². The summed E-state index contributed by atoms with van der Waals surface area (Å²) in [5.41, 5.74) is 7.65. The number of nitrogens with one attached hydrogen (secondary N) is 1. The summed E-state index contributed by atoms with van der Waals surface area (Å²) in [6.45, 7) is 0. The van der Waals surface area contributed by atoms with Crippen molar-refractivity contribution in [3.63, 3.8) is 0 Å². The van der Waals surface area contributed by atoms with Gasteiger partial charge < -0.3 is 11.1 Å². The molecule has 2 aromatic carbocycles. The normalized spacial score (nSPS) is 11.8. The van der Waals surface area contributed by atoms with E-state index >= 15 is 0 Å². The van der Waals surface area contributed by atoms with Gasteiger partial charge in [0, 0.05) is 28.0 Å². The Balaban J connectivity index is 1.99. The third-order valence-electron chi connectivity index (χ3n) is 2.69. The van der Waals surface area contributed by atoms with Gasteiger partial charge in [0.25, 0.3) is 0 Å². The molecule has 3 N–H and O–H groups in total. The van der Waals surface area contributed by atoms with Crippen molar-refractivity contribution in [2.24, 2.45) is 5.73 Å². The maximum Gasteiger partial charge on any atom is 0.316 e. The van der Waals surface area contributed by atoms with Crippen LogP contribution >= 0.6 is 0 Å². The lowest BCUT2D eigenvalue weighted by Crippen LogP contribution is -2.19. The molecule has 4 nitrogen and oxygen atoms in total. The molecule has 1 unspecified atom stereocenters. The second-order valence-corrected chi connectivity index (χ2v) is 5.86. The predicted molar refractivity (Wildman–Crippen MR) is 81.6 cm³/mol. The molecule has 0 bridgehead atoms. The fraction of sp³-hybridized carbons (Fsp3) is 0.133. The highest BCUT2D eigenvalue weighted by Gasteiger charge is 2.05. The minimum absolute atomic E-state index is 0.448. The Morgan fingerprint density at radius 1 is 1.00 bits per heavy atom. The zero-order chi connectivity index (χ0) is 14.4. The second kappa shape index (κ2) is 6.86. The molecule has 20 heavy (non-hydrogen) atoms. The van der Waals surface area contributed by atoms with Crippen molar-refractivity contribution in [1.29, 1.82) is 0 Å². The molecule has 0 aliphatic heterocycles. The van der Waals surface area contributed by atoms with Gasteiger partial charge in [-0.1, -0.05) is 42.5 Å². The van der Waals surface area contributed by atoms with E-state index in [1.807, 2.05) is 36.4 Å². The summed E-state index contributed by atoms with van der Waals surface area (Å²) in [7, 11) is -0.987. The van der Waals surface area contributed by atoms with E-state index in [9.17, 15) is 9.00 Å². The van der Waals surface area contributed by atoms with Gasteiger partial charge in [-0.2, -0.15) is 0 Å². The molecule has 2 amide bonds. The molecule has 0 saturated heterocycles. The largest absolute Gasteiger partial charge is 0.351 e. The van der Waals surface area contributed by atoms with E-state index < -0.39 is 16.8 Å². The number of primary amides is 1. The van der Waals surface area contributed by atoms with Crippen molar-refractivity contribution >= 4 is 22.5 Å². The van der Waals surface area contributed by atoms with Crippen LogP contribution in [0.5, 0.6) is 0 Å². The van der Waals surface area contributed by atoms with Crippen LogP contribution < -0.4 is 11.1 Å². The number of carbonyl (C=O) groups excluding carboxylic acids is 1. The molecule has 0 aliphatic rings. The Kier molecular flexibility index (Phi) is 4.90. The first-order chi connectivity index (χ1) is 9.63. The number of amides is 2. The molecule has 0 heterocycles. The molecule has 2 aromatic rings. The van der Waals surface area contributed by atoms with Gasteiger partial charge in [-0.15, -0.1) is 0 Å². The van der Waals surface area contributed by atoms with Gasteiger partial charge in [-0.3, -0.25) is 4.21 Å². The van der Waals surface area contributed by atoms with E-state index in [1.54, 1.807) is 18.2 Å².